The minimum atomic E-state index is -1.06. The summed E-state index contributed by atoms with van der Waals surface area (Å²) in [5, 5.41) is 11.6. The van der Waals surface area contributed by atoms with Crippen molar-refractivity contribution in [3.8, 4) is 0 Å². The number of hydrogen-bond donors (Lipinski definition) is 2. The zero-order chi connectivity index (χ0) is 16.8. The summed E-state index contributed by atoms with van der Waals surface area (Å²) in [7, 11) is 0. The second-order valence-electron chi connectivity index (χ2n) is 5.92. The van der Waals surface area contributed by atoms with Crippen LogP contribution in [0.4, 0.5) is 4.79 Å². The van der Waals surface area contributed by atoms with Crippen LogP contribution < -0.4 is 5.32 Å². The van der Waals surface area contributed by atoms with E-state index in [0.29, 0.717) is 12.8 Å². The van der Waals surface area contributed by atoms with E-state index < -0.39 is 23.7 Å². The van der Waals surface area contributed by atoms with E-state index in [-0.39, 0.29) is 0 Å². The first-order valence-corrected chi connectivity index (χ1v) is 8.29. The Morgan fingerprint density at radius 2 is 1.86 bits per heavy atom. The molecule has 122 valence electrons. The van der Waals surface area contributed by atoms with Gasteiger partial charge in [0, 0.05) is 4.90 Å². The van der Waals surface area contributed by atoms with Crippen molar-refractivity contribution in [1.29, 1.82) is 0 Å². The highest BCUT2D eigenvalue weighted by molar-refractivity contribution is 7.98. The molecule has 5 nitrogen and oxygen atoms in total. The van der Waals surface area contributed by atoms with E-state index in [0.717, 1.165) is 10.5 Å². The van der Waals surface area contributed by atoms with Crippen molar-refractivity contribution in [3.05, 3.63) is 29.8 Å². The van der Waals surface area contributed by atoms with E-state index in [4.69, 9.17) is 4.74 Å². The van der Waals surface area contributed by atoms with Crippen LogP contribution in [-0.2, 0) is 16.0 Å². The first-order chi connectivity index (χ1) is 10.2. The summed E-state index contributed by atoms with van der Waals surface area (Å²) in [6.45, 7) is 5.20. The summed E-state index contributed by atoms with van der Waals surface area (Å²) in [6.07, 6.45) is 2.17. The topological polar surface area (TPSA) is 75.6 Å². The third kappa shape index (κ3) is 6.85. The monoisotopic (exact) mass is 325 g/mol. The van der Waals surface area contributed by atoms with Gasteiger partial charge in [0.05, 0.1) is 0 Å². The Hall–Kier alpha value is -1.69. The largest absolute Gasteiger partial charge is 0.480 e. The number of ether oxygens (including phenoxy) is 1. The molecule has 1 aromatic carbocycles. The summed E-state index contributed by atoms with van der Waals surface area (Å²) in [4.78, 5) is 24.1. The summed E-state index contributed by atoms with van der Waals surface area (Å²) in [6, 6.07) is 6.97. The van der Waals surface area contributed by atoms with E-state index in [1.54, 1.807) is 32.5 Å². The predicted octanol–water partition coefficient (Wildman–Crippen LogP) is 3.32. The SMILES string of the molecule is CSc1ccc(CCC(NC(=O)OC(C)(C)C)C(=O)O)cc1. The third-order valence-electron chi connectivity index (χ3n) is 2.87. The first-order valence-electron chi connectivity index (χ1n) is 7.06. The highest BCUT2D eigenvalue weighted by atomic mass is 32.2. The van der Waals surface area contributed by atoms with Gasteiger partial charge in [0.2, 0.25) is 0 Å². The number of aryl methyl sites for hydroxylation is 1. The molecule has 2 N–H and O–H groups in total. The Morgan fingerprint density at radius 3 is 2.32 bits per heavy atom. The van der Waals surface area contributed by atoms with Gasteiger partial charge in [-0.15, -0.1) is 11.8 Å². The van der Waals surface area contributed by atoms with Crippen molar-refractivity contribution in [1.82, 2.24) is 5.32 Å². The minimum Gasteiger partial charge on any atom is -0.480 e. The number of rotatable bonds is 6. The summed E-state index contributed by atoms with van der Waals surface area (Å²) < 4.78 is 5.08. The van der Waals surface area contributed by atoms with E-state index in [9.17, 15) is 14.7 Å². The number of carboxylic acids is 1. The van der Waals surface area contributed by atoms with Crippen LogP contribution in [0.2, 0.25) is 0 Å². The van der Waals surface area contributed by atoms with Gasteiger partial charge in [-0.25, -0.2) is 9.59 Å². The number of benzene rings is 1. The van der Waals surface area contributed by atoms with Crippen molar-refractivity contribution in [2.75, 3.05) is 6.26 Å². The molecule has 1 aromatic rings. The van der Waals surface area contributed by atoms with E-state index in [1.807, 2.05) is 30.5 Å². The fraction of sp³-hybridized carbons (Fsp3) is 0.500. The Labute approximate surface area is 135 Å². The Balaban J connectivity index is 2.57. The summed E-state index contributed by atoms with van der Waals surface area (Å²) in [5.41, 5.74) is 0.385. The molecule has 0 saturated heterocycles. The highest BCUT2D eigenvalue weighted by Gasteiger charge is 2.23. The van der Waals surface area contributed by atoms with Crippen LogP contribution in [0.25, 0.3) is 0 Å². The van der Waals surface area contributed by atoms with Crippen LogP contribution in [0.1, 0.15) is 32.8 Å². The third-order valence-corrected chi connectivity index (χ3v) is 3.61. The van der Waals surface area contributed by atoms with E-state index in [1.165, 1.54) is 0 Å². The van der Waals surface area contributed by atoms with Gasteiger partial charge in [-0.05, 0) is 57.6 Å². The zero-order valence-corrected chi connectivity index (χ0v) is 14.2. The molecule has 0 saturated carbocycles. The van der Waals surface area contributed by atoms with Gasteiger partial charge >= 0.3 is 12.1 Å². The number of hydrogen-bond acceptors (Lipinski definition) is 4. The van der Waals surface area contributed by atoms with Gasteiger partial charge in [-0.2, -0.15) is 0 Å². The van der Waals surface area contributed by atoms with Crippen molar-refractivity contribution < 1.29 is 19.4 Å². The second-order valence-corrected chi connectivity index (χ2v) is 6.80. The zero-order valence-electron chi connectivity index (χ0n) is 13.4. The number of carbonyl (C=O) groups is 2. The molecule has 22 heavy (non-hydrogen) atoms. The molecule has 1 unspecified atom stereocenters. The van der Waals surface area contributed by atoms with Crippen LogP contribution >= 0.6 is 11.8 Å². The fourth-order valence-corrected chi connectivity index (χ4v) is 2.22. The molecule has 0 heterocycles. The molecule has 1 atom stereocenters. The van der Waals surface area contributed by atoms with Gasteiger partial charge in [-0.1, -0.05) is 12.1 Å². The Bertz CT molecular complexity index is 508. The number of aliphatic carboxylic acids is 1. The lowest BCUT2D eigenvalue weighted by Crippen LogP contribution is -2.43. The Morgan fingerprint density at radius 1 is 1.27 bits per heavy atom. The quantitative estimate of drug-likeness (QED) is 0.785. The maximum absolute atomic E-state index is 11.7. The standard InChI is InChI=1S/C16H23NO4S/c1-16(2,3)21-15(20)17-13(14(18)19)10-7-11-5-8-12(22-4)9-6-11/h5-6,8-9,13H,7,10H2,1-4H3,(H,17,20)(H,18,19). The van der Waals surface area contributed by atoms with Crippen LogP contribution in [-0.4, -0.2) is 35.1 Å². The molecule has 0 bridgehead atoms. The molecule has 1 amide bonds. The molecule has 0 aliphatic rings. The number of thioether (sulfide) groups is 1. The van der Waals surface area contributed by atoms with E-state index >= 15 is 0 Å². The number of carbonyl (C=O) groups excluding carboxylic acids is 1. The molecule has 0 aliphatic heterocycles. The lowest BCUT2D eigenvalue weighted by molar-refractivity contribution is -0.139. The Kier molecular flexibility index (Phi) is 6.74. The van der Waals surface area contributed by atoms with Crippen molar-refractivity contribution >= 4 is 23.8 Å². The summed E-state index contributed by atoms with van der Waals surface area (Å²) >= 11 is 1.65. The van der Waals surface area contributed by atoms with Gasteiger partial charge in [0.15, 0.2) is 0 Å². The average Bonchev–Trinajstić information content (AvgIpc) is 2.41. The van der Waals surface area contributed by atoms with Crippen LogP contribution in [0.3, 0.4) is 0 Å². The molecular formula is C16H23NO4S. The molecule has 0 aromatic heterocycles. The molecule has 0 fully saturated rings. The number of amides is 1. The minimum absolute atomic E-state index is 0.313. The lowest BCUT2D eigenvalue weighted by Gasteiger charge is -2.22. The molecule has 1 rings (SSSR count). The van der Waals surface area contributed by atoms with Crippen LogP contribution in [0.15, 0.2) is 29.2 Å². The molecule has 0 radical (unpaired) electrons. The maximum Gasteiger partial charge on any atom is 0.408 e. The number of nitrogens with one attached hydrogen (secondary N) is 1. The van der Waals surface area contributed by atoms with Crippen molar-refractivity contribution in [2.24, 2.45) is 0 Å². The number of alkyl carbamates (subject to hydrolysis) is 1. The fourth-order valence-electron chi connectivity index (χ4n) is 1.81. The molecule has 6 heteroatoms. The normalized spacial score (nSPS) is 12.5. The van der Waals surface area contributed by atoms with Gasteiger partial charge in [0.1, 0.15) is 11.6 Å². The molecule has 0 aliphatic carbocycles. The number of carboxylic acid groups (broad SMARTS) is 1. The molecular weight excluding hydrogens is 302 g/mol. The van der Waals surface area contributed by atoms with Crippen molar-refractivity contribution in [2.45, 2.75) is 50.2 Å². The maximum atomic E-state index is 11.7. The van der Waals surface area contributed by atoms with Crippen LogP contribution in [0.5, 0.6) is 0 Å². The van der Waals surface area contributed by atoms with E-state index in [2.05, 4.69) is 5.32 Å². The van der Waals surface area contributed by atoms with Gasteiger partial charge in [0.25, 0.3) is 0 Å². The van der Waals surface area contributed by atoms with Gasteiger partial charge < -0.3 is 15.2 Å². The highest BCUT2D eigenvalue weighted by Crippen LogP contribution is 2.16. The lowest BCUT2D eigenvalue weighted by atomic mass is 10.1. The first kappa shape index (κ1) is 18.4. The van der Waals surface area contributed by atoms with Crippen molar-refractivity contribution in [3.63, 3.8) is 0 Å². The summed E-state index contributed by atoms with van der Waals surface area (Å²) in [5.74, 6) is -1.06. The van der Waals surface area contributed by atoms with Gasteiger partial charge in [-0.3, -0.25) is 0 Å². The predicted molar refractivity (Wildman–Crippen MR) is 87.3 cm³/mol. The second kappa shape index (κ2) is 8.08. The van der Waals surface area contributed by atoms with Crippen LogP contribution in [0, 0.1) is 0 Å². The average molecular weight is 325 g/mol. The smallest absolute Gasteiger partial charge is 0.408 e. The molecule has 0 spiro atoms.